The highest BCUT2D eigenvalue weighted by atomic mass is 35.5. The summed E-state index contributed by atoms with van der Waals surface area (Å²) in [5.74, 6) is 0.624. The fourth-order valence-electron chi connectivity index (χ4n) is 1.56. The zero-order chi connectivity index (χ0) is 14.6. The third kappa shape index (κ3) is 3.61. The van der Waals surface area contributed by atoms with Crippen LogP contribution in [0.4, 0.5) is 5.69 Å². The lowest BCUT2D eigenvalue weighted by atomic mass is 10.3. The van der Waals surface area contributed by atoms with Gasteiger partial charge in [-0.2, -0.15) is 0 Å². The molecule has 2 rings (SSSR count). The van der Waals surface area contributed by atoms with Gasteiger partial charge in [0, 0.05) is 6.20 Å². The van der Waals surface area contributed by atoms with Crippen molar-refractivity contribution in [2.24, 2.45) is 0 Å². The number of pyridine rings is 1. The van der Waals surface area contributed by atoms with Gasteiger partial charge in [-0.3, -0.25) is 4.72 Å². The summed E-state index contributed by atoms with van der Waals surface area (Å²) in [6.45, 7) is 2.39. The van der Waals surface area contributed by atoms with E-state index in [4.69, 9.17) is 16.3 Å². The number of hydrogen-bond donors (Lipinski definition) is 1. The lowest BCUT2D eigenvalue weighted by Crippen LogP contribution is -2.12. The molecule has 0 atom stereocenters. The number of rotatable bonds is 5. The number of hydrogen-bond acceptors (Lipinski definition) is 4. The molecule has 5 nitrogen and oxygen atoms in total. The first-order valence-electron chi connectivity index (χ1n) is 5.88. The Kier molecular flexibility index (Phi) is 4.46. The summed E-state index contributed by atoms with van der Waals surface area (Å²) in [7, 11) is -3.65. The summed E-state index contributed by atoms with van der Waals surface area (Å²) in [5, 5.41) is 0.219. The van der Waals surface area contributed by atoms with E-state index in [2.05, 4.69) is 9.71 Å². The molecular weight excluding hydrogens is 300 g/mol. The molecule has 0 unspecified atom stereocenters. The van der Waals surface area contributed by atoms with E-state index in [1.54, 1.807) is 12.1 Å². The van der Waals surface area contributed by atoms with E-state index in [1.165, 1.54) is 30.5 Å². The Bertz CT molecular complexity index is 687. The molecule has 0 fully saturated rings. The van der Waals surface area contributed by atoms with Gasteiger partial charge in [-0.25, -0.2) is 13.4 Å². The Hall–Kier alpha value is -1.79. The number of halogens is 1. The van der Waals surface area contributed by atoms with Crippen LogP contribution >= 0.6 is 11.6 Å². The maximum absolute atomic E-state index is 12.2. The number of nitrogens with one attached hydrogen (secondary N) is 1. The van der Waals surface area contributed by atoms with Gasteiger partial charge in [0.15, 0.2) is 0 Å². The maximum Gasteiger partial charge on any atom is 0.261 e. The summed E-state index contributed by atoms with van der Waals surface area (Å²) in [4.78, 5) is 3.94. The lowest BCUT2D eigenvalue weighted by molar-refractivity contribution is 0.340. The van der Waals surface area contributed by atoms with Gasteiger partial charge in [0.2, 0.25) is 0 Å². The van der Waals surface area contributed by atoms with E-state index < -0.39 is 10.0 Å². The molecule has 20 heavy (non-hydrogen) atoms. The van der Waals surface area contributed by atoms with Gasteiger partial charge in [0.1, 0.15) is 10.9 Å². The molecule has 1 aromatic heterocycles. The smallest absolute Gasteiger partial charge is 0.261 e. The number of nitrogens with zero attached hydrogens (tertiary/aromatic N) is 1. The van der Waals surface area contributed by atoms with Crippen molar-refractivity contribution >= 4 is 27.3 Å². The van der Waals surface area contributed by atoms with Crippen molar-refractivity contribution in [3.63, 3.8) is 0 Å². The molecule has 0 aliphatic carbocycles. The summed E-state index contributed by atoms with van der Waals surface area (Å²) in [6.07, 6.45) is 1.43. The first kappa shape index (κ1) is 14.6. The molecule has 1 heterocycles. The minimum atomic E-state index is -3.65. The normalized spacial score (nSPS) is 11.1. The van der Waals surface area contributed by atoms with Crippen LogP contribution in [-0.4, -0.2) is 20.0 Å². The Labute approximate surface area is 122 Å². The second-order valence-electron chi connectivity index (χ2n) is 3.88. The third-order valence-corrected chi connectivity index (χ3v) is 4.03. The zero-order valence-corrected chi connectivity index (χ0v) is 12.3. The molecule has 0 spiro atoms. The van der Waals surface area contributed by atoms with Crippen molar-refractivity contribution in [2.75, 3.05) is 11.3 Å². The molecule has 1 N–H and O–H groups in total. The fraction of sp³-hybridized carbons (Fsp3) is 0.154. The van der Waals surface area contributed by atoms with E-state index >= 15 is 0 Å². The SMILES string of the molecule is CCOc1ccc(S(=O)(=O)Nc2ccnc(Cl)c2)cc1. The molecule has 0 amide bonds. The van der Waals surface area contributed by atoms with Crippen LogP contribution < -0.4 is 9.46 Å². The van der Waals surface area contributed by atoms with Crippen molar-refractivity contribution in [1.82, 2.24) is 4.98 Å². The van der Waals surface area contributed by atoms with Crippen LogP contribution in [0.1, 0.15) is 6.92 Å². The summed E-state index contributed by atoms with van der Waals surface area (Å²) >= 11 is 5.71. The molecular formula is C13H13ClN2O3S. The predicted molar refractivity (Wildman–Crippen MR) is 77.7 cm³/mol. The van der Waals surface area contributed by atoms with Crippen molar-refractivity contribution < 1.29 is 13.2 Å². The van der Waals surface area contributed by atoms with Crippen LogP contribution in [0.15, 0.2) is 47.5 Å². The Morgan fingerprint density at radius 1 is 1.25 bits per heavy atom. The number of benzene rings is 1. The van der Waals surface area contributed by atoms with Crippen LogP contribution in [0.5, 0.6) is 5.75 Å². The van der Waals surface area contributed by atoms with E-state index in [0.29, 0.717) is 18.0 Å². The molecule has 1 aromatic carbocycles. The summed E-state index contributed by atoms with van der Waals surface area (Å²) in [6, 6.07) is 9.15. The van der Waals surface area contributed by atoms with E-state index in [0.717, 1.165) is 0 Å². The van der Waals surface area contributed by atoms with Gasteiger partial charge in [-0.15, -0.1) is 0 Å². The minimum Gasteiger partial charge on any atom is -0.494 e. The van der Waals surface area contributed by atoms with E-state index in [-0.39, 0.29) is 10.0 Å². The first-order chi connectivity index (χ1) is 9.51. The molecule has 0 aliphatic heterocycles. The van der Waals surface area contributed by atoms with Crippen LogP contribution in [0.25, 0.3) is 0 Å². The molecule has 0 saturated heterocycles. The maximum atomic E-state index is 12.2. The first-order valence-corrected chi connectivity index (χ1v) is 7.74. The topological polar surface area (TPSA) is 68.3 Å². The zero-order valence-electron chi connectivity index (χ0n) is 10.7. The standard InChI is InChI=1S/C13H13ClN2O3S/c1-2-19-11-3-5-12(6-4-11)20(17,18)16-10-7-8-15-13(14)9-10/h3-9H,2H2,1H3,(H,15,16). The quantitative estimate of drug-likeness (QED) is 0.862. The van der Waals surface area contributed by atoms with Crippen LogP contribution in [0.2, 0.25) is 5.15 Å². The lowest BCUT2D eigenvalue weighted by Gasteiger charge is -2.09. The van der Waals surface area contributed by atoms with E-state index in [1.807, 2.05) is 6.92 Å². The fourth-order valence-corrected chi connectivity index (χ4v) is 2.79. The molecule has 0 bridgehead atoms. The Balaban J connectivity index is 2.21. The van der Waals surface area contributed by atoms with Gasteiger partial charge >= 0.3 is 0 Å². The average molecular weight is 313 g/mol. The second-order valence-corrected chi connectivity index (χ2v) is 5.95. The molecule has 7 heteroatoms. The van der Waals surface area contributed by atoms with Gasteiger partial charge in [-0.05, 0) is 43.3 Å². The molecule has 2 aromatic rings. The van der Waals surface area contributed by atoms with Crippen molar-refractivity contribution in [3.8, 4) is 5.75 Å². The monoisotopic (exact) mass is 312 g/mol. The van der Waals surface area contributed by atoms with Crippen molar-refractivity contribution in [3.05, 3.63) is 47.7 Å². The largest absolute Gasteiger partial charge is 0.494 e. The third-order valence-electron chi connectivity index (χ3n) is 2.42. The van der Waals surface area contributed by atoms with E-state index in [9.17, 15) is 8.42 Å². The number of sulfonamides is 1. The van der Waals surface area contributed by atoms with Crippen molar-refractivity contribution in [2.45, 2.75) is 11.8 Å². The van der Waals surface area contributed by atoms with Gasteiger partial charge in [0.25, 0.3) is 10.0 Å². The van der Waals surface area contributed by atoms with Gasteiger partial charge < -0.3 is 4.74 Å². The Morgan fingerprint density at radius 2 is 1.95 bits per heavy atom. The number of aromatic nitrogens is 1. The van der Waals surface area contributed by atoms with Gasteiger partial charge in [0.05, 0.1) is 17.2 Å². The molecule has 0 saturated carbocycles. The highest BCUT2D eigenvalue weighted by molar-refractivity contribution is 7.92. The van der Waals surface area contributed by atoms with Crippen LogP contribution in [0.3, 0.4) is 0 Å². The summed E-state index contributed by atoms with van der Waals surface area (Å²) in [5.41, 5.74) is 0.360. The number of anilines is 1. The minimum absolute atomic E-state index is 0.147. The van der Waals surface area contributed by atoms with Gasteiger partial charge in [-0.1, -0.05) is 11.6 Å². The Morgan fingerprint density at radius 3 is 2.55 bits per heavy atom. The van der Waals surface area contributed by atoms with Crippen LogP contribution in [0, 0.1) is 0 Å². The highest BCUT2D eigenvalue weighted by Gasteiger charge is 2.14. The predicted octanol–water partition coefficient (Wildman–Crippen LogP) is 2.93. The number of ether oxygens (including phenoxy) is 1. The molecule has 0 radical (unpaired) electrons. The van der Waals surface area contributed by atoms with Crippen LogP contribution in [-0.2, 0) is 10.0 Å². The average Bonchev–Trinajstić information content (AvgIpc) is 2.39. The summed E-state index contributed by atoms with van der Waals surface area (Å²) < 4.78 is 32.0. The molecule has 106 valence electrons. The molecule has 0 aliphatic rings. The second kappa shape index (κ2) is 6.11. The van der Waals surface area contributed by atoms with Crippen molar-refractivity contribution in [1.29, 1.82) is 0 Å². The highest BCUT2D eigenvalue weighted by Crippen LogP contribution is 2.20.